The normalized spacial score (nSPS) is 27.3. The molecule has 0 radical (unpaired) electrons. The molecule has 15 heavy (non-hydrogen) atoms. The Bertz CT molecular complexity index is 226. The average Bonchev–Trinajstić information content (AvgIpc) is 2.18. The third-order valence-electron chi connectivity index (χ3n) is 3.39. The van der Waals surface area contributed by atoms with Gasteiger partial charge in [0.15, 0.2) is 0 Å². The minimum atomic E-state index is -0.662. The SMILES string of the molecule is CCC(C)(O)CN1CCCCC1C(C)=O. The fourth-order valence-electron chi connectivity index (χ4n) is 2.19. The van der Waals surface area contributed by atoms with Gasteiger partial charge in [-0.25, -0.2) is 0 Å². The molecule has 3 heteroatoms. The highest BCUT2D eigenvalue weighted by Gasteiger charge is 2.30. The summed E-state index contributed by atoms with van der Waals surface area (Å²) in [7, 11) is 0. The first kappa shape index (κ1) is 12.7. The van der Waals surface area contributed by atoms with Crippen LogP contribution in [0, 0.1) is 0 Å². The second-order valence-corrected chi connectivity index (χ2v) is 4.94. The molecule has 0 spiro atoms. The molecule has 1 heterocycles. The van der Waals surface area contributed by atoms with Gasteiger partial charge in [0.05, 0.1) is 11.6 Å². The number of rotatable bonds is 4. The molecule has 3 nitrogen and oxygen atoms in total. The van der Waals surface area contributed by atoms with E-state index < -0.39 is 5.60 Å². The van der Waals surface area contributed by atoms with Gasteiger partial charge >= 0.3 is 0 Å². The van der Waals surface area contributed by atoms with Gasteiger partial charge in [-0.15, -0.1) is 0 Å². The van der Waals surface area contributed by atoms with E-state index in [0.717, 1.165) is 32.2 Å². The van der Waals surface area contributed by atoms with Crippen LogP contribution in [0.2, 0.25) is 0 Å². The summed E-state index contributed by atoms with van der Waals surface area (Å²) in [4.78, 5) is 13.6. The standard InChI is InChI=1S/C12H23NO2/c1-4-12(3,15)9-13-8-6-5-7-11(13)10(2)14/h11,15H,4-9H2,1-3H3. The molecule has 0 amide bonds. The fourth-order valence-corrected chi connectivity index (χ4v) is 2.19. The second-order valence-electron chi connectivity index (χ2n) is 4.94. The maximum atomic E-state index is 11.5. The number of aliphatic hydroxyl groups is 1. The zero-order chi connectivity index (χ0) is 11.5. The summed E-state index contributed by atoms with van der Waals surface area (Å²) < 4.78 is 0. The van der Waals surface area contributed by atoms with Gasteiger partial charge in [-0.1, -0.05) is 13.3 Å². The topological polar surface area (TPSA) is 40.5 Å². The van der Waals surface area contributed by atoms with Crippen LogP contribution in [0.15, 0.2) is 0 Å². The van der Waals surface area contributed by atoms with Crippen molar-refractivity contribution in [1.29, 1.82) is 0 Å². The largest absolute Gasteiger partial charge is 0.389 e. The molecule has 1 saturated heterocycles. The van der Waals surface area contributed by atoms with Crippen molar-refractivity contribution in [2.24, 2.45) is 0 Å². The van der Waals surface area contributed by atoms with Crippen LogP contribution in [0.4, 0.5) is 0 Å². The molecule has 0 aromatic carbocycles. The van der Waals surface area contributed by atoms with E-state index in [9.17, 15) is 9.90 Å². The molecule has 2 unspecified atom stereocenters. The number of β-amino-alcohol motifs (C(OH)–C–C–N with tert-alkyl or cyclic N) is 1. The van der Waals surface area contributed by atoms with Crippen molar-refractivity contribution in [2.75, 3.05) is 13.1 Å². The number of hydrogen-bond donors (Lipinski definition) is 1. The zero-order valence-corrected chi connectivity index (χ0v) is 10.1. The smallest absolute Gasteiger partial charge is 0.146 e. The molecule has 0 aromatic rings. The van der Waals surface area contributed by atoms with E-state index >= 15 is 0 Å². The van der Waals surface area contributed by atoms with Crippen LogP contribution >= 0.6 is 0 Å². The minimum Gasteiger partial charge on any atom is -0.389 e. The Balaban J connectivity index is 2.61. The van der Waals surface area contributed by atoms with E-state index in [0.29, 0.717) is 6.54 Å². The molecule has 0 saturated carbocycles. The van der Waals surface area contributed by atoms with Crippen LogP contribution in [-0.2, 0) is 4.79 Å². The van der Waals surface area contributed by atoms with Crippen molar-refractivity contribution in [3.63, 3.8) is 0 Å². The molecule has 88 valence electrons. The van der Waals surface area contributed by atoms with E-state index in [1.54, 1.807) is 6.92 Å². The summed E-state index contributed by atoms with van der Waals surface area (Å²) in [5.41, 5.74) is -0.662. The lowest BCUT2D eigenvalue weighted by Gasteiger charge is -2.38. The fraction of sp³-hybridized carbons (Fsp3) is 0.917. The Hall–Kier alpha value is -0.410. The summed E-state index contributed by atoms with van der Waals surface area (Å²) in [6, 6.07) is 0.0387. The molecule has 0 aromatic heterocycles. The number of piperidine rings is 1. The highest BCUT2D eigenvalue weighted by Crippen LogP contribution is 2.21. The monoisotopic (exact) mass is 213 g/mol. The van der Waals surface area contributed by atoms with E-state index in [2.05, 4.69) is 4.90 Å². The van der Waals surface area contributed by atoms with Crippen LogP contribution < -0.4 is 0 Å². The van der Waals surface area contributed by atoms with Crippen LogP contribution in [0.1, 0.15) is 46.5 Å². The summed E-state index contributed by atoms with van der Waals surface area (Å²) >= 11 is 0. The Morgan fingerprint density at radius 2 is 2.20 bits per heavy atom. The molecule has 1 aliphatic heterocycles. The van der Waals surface area contributed by atoms with E-state index in [4.69, 9.17) is 0 Å². The van der Waals surface area contributed by atoms with Crippen molar-refractivity contribution in [2.45, 2.75) is 58.1 Å². The quantitative estimate of drug-likeness (QED) is 0.771. The van der Waals surface area contributed by atoms with E-state index in [-0.39, 0.29) is 11.8 Å². The number of hydrogen-bond acceptors (Lipinski definition) is 3. The van der Waals surface area contributed by atoms with Crippen LogP contribution in [-0.4, -0.2) is 40.5 Å². The minimum absolute atomic E-state index is 0.0387. The molecule has 1 rings (SSSR count). The first-order valence-electron chi connectivity index (χ1n) is 5.93. The van der Waals surface area contributed by atoms with Crippen molar-refractivity contribution < 1.29 is 9.90 Å². The molecule has 1 fully saturated rings. The van der Waals surface area contributed by atoms with Crippen molar-refractivity contribution in [3.8, 4) is 0 Å². The van der Waals surface area contributed by atoms with Crippen LogP contribution in [0.25, 0.3) is 0 Å². The predicted molar refractivity (Wildman–Crippen MR) is 60.8 cm³/mol. The van der Waals surface area contributed by atoms with Crippen molar-refractivity contribution in [1.82, 2.24) is 4.90 Å². The molecule has 0 aliphatic carbocycles. The number of ketones is 1. The van der Waals surface area contributed by atoms with E-state index in [1.807, 2.05) is 13.8 Å². The zero-order valence-electron chi connectivity index (χ0n) is 10.1. The Kier molecular flexibility index (Phi) is 4.29. The third kappa shape index (κ3) is 3.58. The molecule has 2 atom stereocenters. The number of Topliss-reactive ketones (excluding diaryl/α,β-unsaturated/α-hetero) is 1. The summed E-state index contributed by atoms with van der Waals surface area (Å²) in [6.45, 7) is 7.04. The highest BCUT2D eigenvalue weighted by molar-refractivity contribution is 5.81. The van der Waals surface area contributed by atoms with Gasteiger partial charge in [0.2, 0.25) is 0 Å². The van der Waals surface area contributed by atoms with Gasteiger partial charge in [-0.05, 0) is 39.7 Å². The van der Waals surface area contributed by atoms with E-state index in [1.165, 1.54) is 0 Å². The maximum absolute atomic E-state index is 11.5. The molecule has 0 bridgehead atoms. The van der Waals surface area contributed by atoms with Crippen molar-refractivity contribution >= 4 is 5.78 Å². The second kappa shape index (κ2) is 5.08. The van der Waals surface area contributed by atoms with Gasteiger partial charge in [-0.2, -0.15) is 0 Å². The number of nitrogens with zero attached hydrogens (tertiary/aromatic N) is 1. The number of likely N-dealkylation sites (tertiary alicyclic amines) is 1. The summed E-state index contributed by atoms with van der Waals surface area (Å²) in [6.07, 6.45) is 3.96. The lowest BCUT2D eigenvalue weighted by atomic mass is 9.95. The van der Waals surface area contributed by atoms with Gasteiger partial charge in [0, 0.05) is 6.54 Å². The Morgan fingerprint density at radius 1 is 1.53 bits per heavy atom. The van der Waals surface area contributed by atoms with Crippen LogP contribution in [0.5, 0.6) is 0 Å². The summed E-state index contributed by atoms with van der Waals surface area (Å²) in [5, 5.41) is 10.0. The lowest BCUT2D eigenvalue weighted by Crippen LogP contribution is -2.50. The summed E-state index contributed by atoms with van der Waals surface area (Å²) in [5.74, 6) is 0.238. The predicted octanol–water partition coefficient (Wildman–Crippen LogP) is 1.59. The third-order valence-corrected chi connectivity index (χ3v) is 3.39. The highest BCUT2D eigenvalue weighted by atomic mass is 16.3. The molecule has 1 N–H and O–H groups in total. The first-order valence-corrected chi connectivity index (χ1v) is 5.93. The molecular formula is C12H23NO2. The number of carbonyl (C=O) groups excluding carboxylic acids is 1. The van der Waals surface area contributed by atoms with Gasteiger partial charge in [0.25, 0.3) is 0 Å². The van der Waals surface area contributed by atoms with Crippen molar-refractivity contribution in [3.05, 3.63) is 0 Å². The lowest BCUT2D eigenvalue weighted by molar-refractivity contribution is -0.124. The Morgan fingerprint density at radius 3 is 2.73 bits per heavy atom. The van der Waals surface area contributed by atoms with Crippen LogP contribution in [0.3, 0.4) is 0 Å². The molecular weight excluding hydrogens is 190 g/mol. The Labute approximate surface area is 92.5 Å². The maximum Gasteiger partial charge on any atom is 0.146 e. The molecule has 1 aliphatic rings. The van der Waals surface area contributed by atoms with Gasteiger partial charge < -0.3 is 5.11 Å². The first-order chi connectivity index (χ1) is 6.96. The average molecular weight is 213 g/mol. The van der Waals surface area contributed by atoms with Gasteiger partial charge in [-0.3, -0.25) is 9.69 Å². The number of carbonyl (C=O) groups is 1. The van der Waals surface area contributed by atoms with Gasteiger partial charge in [0.1, 0.15) is 5.78 Å².